The van der Waals surface area contributed by atoms with E-state index in [1.54, 1.807) is 0 Å². The molecule has 0 N–H and O–H groups in total. The van der Waals surface area contributed by atoms with Gasteiger partial charge in [-0.1, -0.05) is 58.4 Å². The molecule has 1 heterocycles. The Labute approximate surface area is 163 Å². The second-order valence-corrected chi connectivity index (χ2v) is 7.89. The highest BCUT2D eigenvalue weighted by atomic mass is 79.9. The molecule has 3 rings (SSSR count). The predicted octanol–water partition coefficient (Wildman–Crippen LogP) is 4.84. The van der Waals surface area contributed by atoms with Crippen LogP contribution in [0.4, 0.5) is 0 Å². The van der Waals surface area contributed by atoms with E-state index in [-0.39, 0.29) is 18.2 Å². The van der Waals surface area contributed by atoms with Crippen LogP contribution in [0.1, 0.15) is 37.1 Å². The number of nitrogens with zero attached hydrogens (tertiary/aromatic N) is 2. The van der Waals surface area contributed by atoms with Crippen LogP contribution in [0.3, 0.4) is 0 Å². The van der Waals surface area contributed by atoms with Crippen LogP contribution in [0.25, 0.3) is 0 Å². The SMILES string of the molecule is CN(C(C#N)c1ccc(Br)cc1)[C@H]1COC(C)(C)O[C@H]1c1ccccc1. The Morgan fingerprint density at radius 3 is 2.42 bits per heavy atom. The first-order valence-corrected chi connectivity index (χ1v) is 9.44. The summed E-state index contributed by atoms with van der Waals surface area (Å²) in [5.41, 5.74) is 2.04. The molecule has 1 aliphatic rings. The number of ether oxygens (including phenoxy) is 2. The number of benzene rings is 2. The lowest BCUT2D eigenvalue weighted by Gasteiger charge is -2.45. The van der Waals surface area contributed by atoms with Gasteiger partial charge >= 0.3 is 0 Å². The van der Waals surface area contributed by atoms with Gasteiger partial charge in [-0.3, -0.25) is 4.90 Å². The first kappa shape index (κ1) is 19.1. The Balaban J connectivity index is 1.91. The van der Waals surface area contributed by atoms with E-state index in [9.17, 15) is 5.26 Å². The monoisotopic (exact) mass is 414 g/mol. The Kier molecular flexibility index (Phi) is 5.79. The normalized spacial score (nSPS) is 23.4. The molecular formula is C21H23BrN2O2. The molecule has 2 aromatic carbocycles. The molecular weight excluding hydrogens is 392 g/mol. The van der Waals surface area contributed by atoms with Crippen molar-refractivity contribution in [2.75, 3.05) is 13.7 Å². The van der Waals surface area contributed by atoms with Crippen molar-refractivity contribution >= 4 is 15.9 Å². The van der Waals surface area contributed by atoms with Crippen LogP contribution in [0.15, 0.2) is 59.1 Å². The number of nitriles is 1. The summed E-state index contributed by atoms with van der Waals surface area (Å²) < 4.78 is 13.2. The second-order valence-electron chi connectivity index (χ2n) is 6.98. The standard InChI is InChI=1S/C21H23BrN2O2/c1-21(2)25-14-19(20(26-21)16-7-5-4-6-8-16)24(3)18(13-23)15-9-11-17(22)12-10-15/h4-12,18-20H,14H2,1-3H3/t18?,19-,20-/m0/s1. The Morgan fingerprint density at radius 1 is 1.15 bits per heavy atom. The maximum absolute atomic E-state index is 9.82. The van der Waals surface area contributed by atoms with Crippen molar-refractivity contribution < 1.29 is 9.47 Å². The van der Waals surface area contributed by atoms with E-state index in [0.717, 1.165) is 15.6 Å². The van der Waals surface area contributed by atoms with E-state index < -0.39 is 5.79 Å². The third-order valence-electron chi connectivity index (χ3n) is 4.73. The molecule has 1 unspecified atom stereocenters. The minimum atomic E-state index is -0.655. The highest BCUT2D eigenvalue weighted by molar-refractivity contribution is 9.10. The van der Waals surface area contributed by atoms with Gasteiger partial charge in [-0.15, -0.1) is 0 Å². The van der Waals surface area contributed by atoms with Crippen LogP contribution in [0.5, 0.6) is 0 Å². The Hall–Kier alpha value is -1.71. The Morgan fingerprint density at radius 2 is 1.81 bits per heavy atom. The molecule has 0 saturated carbocycles. The van der Waals surface area contributed by atoms with Gasteiger partial charge in [0.15, 0.2) is 5.79 Å². The maximum Gasteiger partial charge on any atom is 0.163 e. The minimum Gasteiger partial charge on any atom is -0.349 e. The quantitative estimate of drug-likeness (QED) is 0.717. The molecule has 0 spiro atoms. The summed E-state index contributed by atoms with van der Waals surface area (Å²) in [5.74, 6) is -0.655. The van der Waals surface area contributed by atoms with E-state index in [0.29, 0.717) is 6.61 Å². The third-order valence-corrected chi connectivity index (χ3v) is 5.26. The second kappa shape index (κ2) is 7.89. The molecule has 5 heteroatoms. The number of rotatable bonds is 4. The van der Waals surface area contributed by atoms with E-state index in [4.69, 9.17) is 9.47 Å². The van der Waals surface area contributed by atoms with Crippen molar-refractivity contribution in [3.63, 3.8) is 0 Å². The number of likely N-dealkylation sites (N-methyl/N-ethyl adjacent to an activating group) is 1. The summed E-state index contributed by atoms with van der Waals surface area (Å²) in [5, 5.41) is 9.82. The Bertz CT molecular complexity index is 771. The molecule has 1 aliphatic heterocycles. The fraction of sp³-hybridized carbons (Fsp3) is 0.381. The summed E-state index contributed by atoms with van der Waals surface area (Å²) in [6, 6.07) is 20.0. The summed E-state index contributed by atoms with van der Waals surface area (Å²) in [7, 11) is 1.96. The number of halogens is 1. The highest BCUT2D eigenvalue weighted by Gasteiger charge is 2.41. The average molecular weight is 415 g/mol. The van der Waals surface area contributed by atoms with Gasteiger partial charge in [0, 0.05) is 4.47 Å². The van der Waals surface area contributed by atoms with Crippen molar-refractivity contribution in [3.05, 3.63) is 70.2 Å². The lowest BCUT2D eigenvalue weighted by atomic mass is 9.97. The first-order valence-electron chi connectivity index (χ1n) is 8.65. The van der Waals surface area contributed by atoms with Gasteiger partial charge in [-0.05, 0) is 44.2 Å². The van der Waals surface area contributed by atoms with Crippen LogP contribution in [0, 0.1) is 11.3 Å². The molecule has 0 radical (unpaired) electrons. The minimum absolute atomic E-state index is 0.0706. The van der Waals surface area contributed by atoms with Gasteiger partial charge in [0.05, 0.1) is 18.7 Å². The molecule has 0 aliphatic carbocycles. The molecule has 1 saturated heterocycles. The van der Waals surface area contributed by atoms with Crippen LogP contribution in [-0.2, 0) is 9.47 Å². The molecule has 0 amide bonds. The summed E-state index contributed by atoms with van der Waals surface area (Å²) >= 11 is 3.45. The van der Waals surface area contributed by atoms with Crippen LogP contribution in [-0.4, -0.2) is 30.4 Å². The van der Waals surface area contributed by atoms with E-state index in [2.05, 4.69) is 39.0 Å². The average Bonchev–Trinajstić information content (AvgIpc) is 2.64. The van der Waals surface area contributed by atoms with E-state index in [1.165, 1.54) is 0 Å². The molecule has 4 nitrogen and oxygen atoms in total. The predicted molar refractivity (Wildman–Crippen MR) is 104 cm³/mol. The summed E-state index contributed by atoms with van der Waals surface area (Å²) in [6.07, 6.45) is -0.170. The molecule has 0 aromatic heterocycles. The lowest BCUT2D eigenvalue weighted by molar-refractivity contribution is -0.297. The van der Waals surface area contributed by atoms with Crippen LogP contribution >= 0.6 is 15.9 Å². The van der Waals surface area contributed by atoms with Gasteiger partial charge in [0.25, 0.3) is 0 Å². The molecule has 1 fully saturated rings. The molecule has 2 aromatic rings. The van der Waals surface area contributed by atoms with Gasteiger partial charge in [0.2, 0.25) is 0 Å². The fourth-order valence-corrected chi connectivity index (χ4v) is 3.56. The summed E-state index contributed by atoms with van der Waals surface area (Å²) in [4.78, 5) is 2.05. The zero-order chi connectivity index (χ0) is 18.7. The van der Waals surface area contributed by atoms with Crippen molar-refractivity contribution in [3.8, 4) is 6.07 Å². The van der Waals surface area contributed by atoms with Crippen molar-refractivity contribution in [1.82, 2.24) is 4.90 Å². The van der Waals surface area contributed by atoms with Gasteiger partial charge < -0.3 is 9.47 Å². The van der Waals surface area contributed by atoms with Crippen LogP contribution < -0.4 is 0 Å². The van der Waals surface area contributed by atoms with E-state index in [1.807, 2.05) is 63.4 Å². The number of hydrogen-bond acceptors (Lipinski definition) is 4. The smallest absolute Gasteiger partial charge is 0.163 e. The molecule has 26 heavy (non-hydrogen) atoms. The van der Waals surface area contributed by atoms with E-state index >= 15 is 0 Å². The van der Waals surface area contributed by atoms with Crippen molar-refractivity contribution in [2.45, 2.75) is 37.8 Å². The zero-order valence-corrected chi connectivity index (χ0v) is 16.8. The van der Waals surface area contributed by atoms with Crippen molar-refractivity contribution in [2.24, 2.45) is 0 Å². The molecule has 136 valence electrons. The zero-order valence-electron chi connectivity index (χ0n) is 15.2. The highest BCUT2D eigenvalue weighted by Crippen LogP contribution is 2.37. The maximum atomic E-state index is 9.82. The van der Waals surface area contributed by atoms with Crippen molar-refractivity contribution in [1.29, 1.82) is 5.26 Å². The third kappa shape index (κ3) is 4.16. The van der Waals surface area contributed by atoms with Crippen LogP contribution in [0.2, 0.25) is 0 Å². The molecule has 3 atom stereocenters. The van der Waals surface area contributed by atoms with Gasteiger partial charge in [-0.2, -0.15) is 5.26 Å². The van der Waals surface area contributed by atoms with Gasteiger partial charge in [0.1, 0.15) is 12.1 Å². The fourth-order valence-electron chi connectivity index (χ4n) is 3.29. The lowest BCUT2D eigenvalue weighted by Crippen LogP contribution is -2.51. The first-order chi connectivity index (χ1) is 12.4. The topological polar surface area (TPSA) is 45.5 Å². The largest absolute Gasteiger partial charge is 0.349 e. The number of hydrogen-bond donors (Lipinski definition) is 0. The summed E-state index contributed by atoms with van der Waals surface area (Å²) in [6.45, 7) is 4.35. The van der Waals surface area contributed by atoms with Gasteiger partial charge in [-0.25, -0.2) is 0 Å². The molecule has 0 bridgehead atoms.